The van der Waals surface area contributed by atoms with E-state index in [9.17, 15) is 14.4 Å². The van der Waals surface area contributed by atoms with Gasteiger partial charge in [-0.25, -0.2) is 9.69 Å². The van der Waals surface area contributed by atoms with E-state index in [1.54, 1.807) is 24.3 Å². The summed E-state index contributed by atoms with van der Waals surface area (Å²) >= 11 is 3.49. The SMILES string of the molecule is CCOc1ccccc1N1C(=O)NC(=O)/C(=C\c2cc(C)n(-c3cccc(Br)c3)c2C)C1=O. The summed E-state index contributed by atoms with van der Waals surface area (Å²) in [4.78, 5) is 39.5. The molecule has 2 heterocycles. The first-order chi connectivity index (χ1) is 15.8. The summed E-state index contributed by atoms with van der Waals surface area (Å²) in [7, 11) is 0. The molecule has 33 heavy (non-hydrogen) atoms. The second kappa shape index (κ2) is 9.07. The van der Waals surface area contributed by atoms with Crippen molar-refractivity contribution in [3.05, 3.63) is 81.6 Å². The summed E-state index contributed by atoms with van der Waals surface area (Å²) in [6.45, 7) is 6.04. The molecular weight excluding hydrogens is 486 g/mol. The monoisotopic (exact) mass is 507 g/mol. The van der Waals surface area contributed by atoms with Crippen LogP contribution in [0.5, 0.6) is 5.75 Å². The number of urea groups is 1. The number of imide groups is 2. The number of hydrogen-bond acceptors (Lipinski definition) is 4. The molecule has 1 aliphatic heterocycles. The van der Waals surface area contributed by atoms with Crippen molar-refractivity contribution in [3.8, 4) is 11.4 Å². The van der Waals surface area contributed by atoms with Crippen LogP contribution in [0.4, 0.5) is 10.5 Å². The van der Waals surface area contributed by atoms with E-state index in [2.05, 4.69) is 21.2 Å². The molecule has 1 aliphatic rings. The molecule has 0 radical (unpaired) electrons. The Bertz CT molecular complexity index is 1310. The molecule has 168 valence electrons. The van der Waals surface area contributed by atoms with Crippen molar-refractivity contribution in [1.29, 1.82) is 0 Å². The van der Waals surface area contributed by atoms with Crippen molar-refractivity contribution in [2.24, 2.45) is 0 Å². The first-order valence-electron chi connectivity index (χ1n) is 10.4. The molecule has 1 saturated heterocycles. The summed E-state index contributed by atoms with van der Waals surface area (Å²) in [5.41, 5.74) is 3.60. The fourth-order valence-corrected chi connectivity index (χ4v) is 4.28. The van der Waals surface area contributed by atoms with Gasteiger partial charge in [0.25, 0.3) is 11.8 Å². The Labute approximate surface area is 199 Å². The average Bonchev–Trinajstić information content (AvgIpc) is 3.05. The number of para-hydroxylation sites is 2. The minimum absolute atomic E-state index is 0.129. The van der Waals surface area contributed by atoms with Gasteiger partial charge in [-0.15, -0.1) is 0 Å². The second-order valence-electron chi connectivity index (χ2n) is 7.50. The van der Waals surface area contributed by atoms with Crippen LogP contribution in [-0.2, 0) is 9.59 Å². The molecule has 1 fully saturated rings. The third kappa shape index (κ3) is 4.21. The topological polar surface area (TPSA) is 80.6 Å². The Kier molecular flexibility index (Phi) is 6.20. The van der Waals surface area contributed by atoms with Crippen LogP contribution in [0, 0.1) is 13.8 Å². The Hall–Kier alpha value is -3.65. The maximum Gasteiger partial charge on any atom is 0.336 e. The third-order valence-corrected chi connectivity index (χ3v) is 5.84. The fraction of sp³-hybridized carbons (Fsp3) is 0.160. The minimum Gasteiger partial charge on any atom is -0.492 e. The molecule has 0 saturated carbocycles. The molecule has 0 spiro atoms. The van der Waals surface area contributed by atoms with Crippen molar-refractivity contribution in [3.63, 3.8) is 0 Å². The molecule has 4 amide bonds. The Morgan fingerprint density at radius 2 is 1.79 bits per heavy atom. The predicted octanol–water partition coefficient (Wildman–Crippen LogP) is 4.92. The lowest BCUT2D eigenvalue weighted by Crippen LogP contribution is -2.54. The molecular formula is C25H22BrN3O4. The van der Waals surface area contributed by atoms with E-state index in [1.807, 2.05) is 55.7 Å². The molecule has 0 aliphatic carbocycles. The summed E-state index contributed by atoms with van der Waals surface area (Å²) < 4.78 is 8.56. The highest BCUT2D eigenvalue weighted by Gasteiger charge is 2.38. The van der Waals surface area contributed by atoms with Gasteiger partial charge in [0.05, 0.1) is 12.3 Å². The van der Waals surface area contributed by atoms with Crippen LogP contribution >= 0.6 is 15.9 Å². The fourth-order valence-electron chi connectivity index (χ4n) is 3.90. The molecule has 0 unspecified atom stereocenters. The largest absolute Gasteiger partial charge is 0.492 e. The highest BCUT2D eigenvalue weighted by atomic mass is 79.9. The summed E-state index contributed by atoms with van der Waals surface area (Å²) in [6.07, 6.45) is 1.53. The van der Waals surface area contributed by atoms with Gasteiger partial charge in [0.15, 0.2) is 0 Å². The third-order valence-electron chi connectivity index (χ3n) is 5.34. The van der Waals surface area contributed by atoms with E-state index in [0.29, 0.717) is 17.9 Å². The lowest BCUT2D eigenvalue weighted by molar-refractivity contribution is -0.122. The number of halogens is 1. The number of carbonyl (C=O) groups excluding carboxylic acids is 3. The lowest BCUT2D eigenvalue weighted by Gasteiger charge is -2.27. The van der Waals surface area contributed by atoms with E-state index in [0.717, 1.165) is 26.4 Å². The van der Waals surface area contributed by atoms with Gasteiger partial charge in [0, 0.05) is 21.5 Å². The molecule has 7 nitrogen and oxygen atoms in total. The number of benzene rings is 2. The number of nitrogens with zero attached hydrogens (tertiary/aromatic N) is 2. The molecule has 8 heteroatoms. The van der Waals surface area contributed by atoms with Gasteiger partial charge in [-0.3, -0.25) is 14.9 Å². The van der Waals surface area contributed by atoms with Crippen LogP contribution in [0.3, 0.4) is 0 Å². The van der Waals surface area contributed by atoms with Crippen LogP contribution in [0.15, 0.2) is 64.6 Å². The van der Waals surface area contributed by atoms with Crippen molar-refractivity contribution in [2.75, 3.05) is 11.5 Å². The number of aromatic nitrogens is 1. The van der Waals surface area contributed by atoms with E-state index in [1.165, 1.54) is 6.08 Å². The van der Waals surface area contributed by atoms with Gasteiger partial charge in [0.1, 0.15) is 11.3 Å². The average molecular weight is 508 g/mol. The number of carbonyl (C=O) groups is 3. The number of aryl methyl sites for hydroxylation is 1. The molecule has 1 N–H and O–H groups in total. The Morgan fingerprint density at radius 1 is 1.03 bits per heavy atom. The number of ether oxygens (including phenoxy) is 1. The van der Waals surface area contributed by atoms with Crippen LogP contribution in [-0.4, -0.2) is 29.0 Å². The summed E-state index contributed by atoms with van der Waals surface area (Å²) in [5.74, 6) is -1.06. The van der Waals surface area contributed by atoms with Crippen LogP contribution < -0.4 is 15.0 Å². The Morgan fingerprint density at radius 3 is 2.52 bits per heavy atom. The molecule has 3 aromatic rings. The van der Waals surface area contributed by atoms with Gasteiger partial charge in [-0.2, -0.15) is 0 Å². The van der Waals surface area contributed by atoms with E-state index < -0.39 is 17.8 Å². The summed E-state index contributed by atoms with van der Waals surface area (Å²) in [5, 5.41) is 2.27. The minimum atomic E-state index is -0.811. The maximum absolute atomic E-state index is 13.3. The highest BCUT2D eigenvalue weighted by molar-refractivity contribution is 9.10. The van der Waals surface area contributed by atoms with E-state index in [4.69, 9.17) is 4.74 Å². The van der Waals surface area contributed by atoms with E-state index in [-0.39, 0.29) is 11.3 Å². The zero-order chi connectivity index (χ0) is 23.7. The van der Waals surface area contributed by atoms with Crippen molar-refractivity contribution in [1.82, 2.24) is 9.88 Å². The maximum atomic E-state index is 13.3. The molecule has 1 aromatic heterocycles. The quantitative estimate of drug-likeness (QED) is 0.392. The first kappa shape index (κ1) is 22.5. The smallest absolute Gasteiger partial charge is 0.336 e. The van der Waals surface area contributed by atoms with Crippen molar-refractivity contribution >= 4 is 45.5 Å². The summed E-state index contributed by atoms with van der Waals surface area (Å²) in [6, 6.07) is 15.7. The number of hydrogen-bond donors (Lipinski definition) is 1. The van der Waals surface area contributed by atoms with Gasteiger partial charge < -0.3 is 9.30 Å². The predicted molar refractivity (Wildman–Crippen MR) is 130 cm³/mol. The number of nitrogens with one attached hydrogen (secondary N) is 1. The first-order valence-corrected chi connectivity index (χ1v) is 11.2. The lowest BCUT2D eigenvalue weighted by atomic mass is 10.1. The number of anilines is 1. The van der Waals surface area contributed by atoms with Crippen LogP contribution in [0.2, 0.25) is 0 Å². The van der Waals surface area contributed by atoms with E-state index >= 15 is 0 Å². The van der Waals surface area contributed by atoms with Gasteiger partial charge >= 0.3 is 6.03 Å². The number of rotatable bonds is 5. The van der Waals surface area contributed by atoms with Crippen LogP contribution in [0.1, 0.15) is 23.9 Å². The van der Waals surface area contributed by atoms with Gasteiger partial charge in [-0.05, 0) is 68.8 Å². The van der Waals surface area contributed by atoms with Gasteiger partial charge in [-0.1, -0.05) is 34.1 Å². The zero-order valence-corrected chi connectivity index (χ0v) is 20.0. The Balaban J connectivity index is 1.77. The standard InChI is InChI=1S/C25H22BrN3O4/c1-4-33-22-11-6-5-10-21(22)29-24(31)20(23(30)27-25(29)32)13-17-12-15(2)28(16(17)3)19-9-7-8-18(26)14-19/h5-14H,4H2,1-3H3,(H,27,30,32)/b20-13+. The molecule has 2 aromatic carbocycles. The highest BCUT2D eigenvalue weighted by Crippen LogP contribution is 2.32. The molecule has 4 rings (SSSR count). The molecule has 0 bridgehead atoms. The normalized spacial score (nSPS) is 15.2. The van der Waals surface area contributed by atoms with Gasteiger partial charge in [0.2, 0.25) is 0 Å². The van der Waals surface area contributed by atoms with Crippen LogP contribution in [0.25, 0.3) is 11.8 Å². The second-order valence-corrected chi connectivity index (χ2v) is 8.42. The molecule has 0 atom stereocenters. The van der Waals surface area contributed by atoms with Crippen molar-refractivity contribution < 1.29 is 19.1 Å². The number of barbiturate groups is 1. The number of amides is 4. The zero-order valence-electron chi connectivity index (χ0n) is 18.4. The van der Waals surface area contributed by atoms with Crippen molar-refractivity contribution in [2.45, 2.75) is 20.8 Å².